The highest BCUT2D eigenvalue weighted by molar-refractivity contribution is 6.21. The maximum absolute atomic E-state index is 12.3. The Morgan fingerprint density at radius 1 is 1.22 bits per heavy atom. The summed E-state index contributed by atoms with van der Waals surface area (Å²) in [6.07, 6.45) is 0.467. The Labute approximate surface area is 134 Å². The standard InChI is InChI=1S/C16H21N3O4/c1-10(2)9-19-14(21)12-5-4-11(8-13(12)15(19)22)18-16(23)17-6-3-7-20/h4-5,8,10,20H,3,6-7,9H2,1-2H3,(H2,17,18,23). The van der Waals surface area contributed by atoms with Crippen LogP contribution in [0.5, 0.6) is 0 Å². The Hall–Kier alpha value is -2.41. The predicted octanol–water partition coefficient (Wildman–Crippen LogP) is 1.44. The first-order chi connectivity index (χ1) is 10.9. The van der Waals surface area contributed by atoms with Gasteiger partial charge in [0.2, 0.25) is 0 Å². The number of nitrogens with one attached hydrogen (secondary N) is 2. The molecule has 0 aromatic heterocycles. The van der Waals surface area contributed by atoms with Crippen LogP contribution >= 0.6 is 0 Å². The second kappa shape index (κ2) is 7.23. The Bertz CT molecular complexity index is 628. The Kier molecular flexibility index (Phi) is 5.33. The molecule has 0 saturated carbocycles. The third-order valence-corrected chi connectivity index (χ3v) is 3.40. The first-order valence-electron chi connectivity index (χ1n) is 7.60. The zero-order valence-corrected chi connectivity index (χ0v) is 13.3. The van der Waals surface area contributed by atoms with Crippen molar-refractivity contribution in [2.24, 2.45) is 5.92 Å². The van der Waals surface area contributed by atoms with Crippen LogP contribution < -0.4 is 10.6 Å². The molecule has 3 N–H and O–H groups in total. The lowest BCUT2D eigenvalue weighted by Gasteiger charge is -2.15. The molecule has 1 aliphatic heterocycles. The predicted molar refractivity (Wildman–Crippen MR) is 85.4 cm³/mol. The lowest BCUT2D eigenvalue weighted by molar-refractivity contribution is 0.0636. The minimum Gasteiger partial charge on any atom is -0.396 e. The van der Waals surface area contributed by atoms with Gasteiger partial charge in [-0.1, -0.05) is 13.8 Å². The van der Waals surface area contributed by atoms with Gasteiger partial charge in [-0.3, -0.25) is 14.5 Å². The van der Waals surface area contributed by atoms with E-state index < -0.39 is 6.03 Å². The lowest BCUT2D eigenvalue weighted by atomic mass is 10.1. The number of aliphatic hydroxyl groups excluding tert-OH is 1. The number of carbonyl (C=O) groups excluding carboxylic acids is 3. The molecule has 0 aliphatic carbocycles. The van der Waals surface area contributed by atoms with Crippen molar-refractivity contribution in [3.05, 3.63) is 29.3 Å². The van der Waals surface area contributed by atoms with Crippen molar-refractivity contribution in [1.29, 1.82) is 0 Å². The van der Waals surface area contributed by atoms with E-state index >= 15 is 0 Å². The minimum absolute atomic E-state index is 0.00141. The van der Waals surface area contributed by atoms with Crippen molar-refractivity contribution in [2.75, 3.05) is 25.0 Å². The highest BCUT2D eigenvalue weighted by Gasteiger charge is 2.35. The van der Waals surface area contributed by atoms with Gasteiger partial charge in [-0.25, -0.2) is 4.79 Å². The van der Waals surface area contributed by atoms with Crippen molar-refractivity contribution in [3.63, 3.8) is 0 Å². The van der Waals surface area contributed by atoms with Gasteiger partial charge in [-0.15, -0.1) is 0 Å². The summed E-state index contributed by atoms with van der Waals surface area (Å²) in [5, 5.41) is 13.9. The van der Waals surface area contributed by atoms with Crippen molar-refractivity contribution in [2.45, 2.75) is 20.3 Å². The number of fused-ring (bicyclic) bond motifs is 1. The van der Waals surface area contributed by atoms with Gasteiger partial charge in [-0.05, 0) is 30.5 Å². The van der Waals surface area contributed by atoms with Crippen LogP contribution in [0.25, 0.3) is 0 Å². The molecule has 0 unspecified atom stereocenters. The van der Waals surface area contributed by atoms with Gasteiger partial charge in [-0.2, -0.15) is 0 Å². The molecule has 7 nitrogen and oxygen atoms in total. The van der Waals surface area contributed by atoms with E-state index in [0.29, 0.717) is 36.3 Å². The van der Waals surface area contributed by atoms with Crippen molar-refractivity contribution < 1.29 is 19.5 Å². The second-order valence-electron chi connectivity index (χ2n) is 5.83. The summed E-state index contributed by atoms with van der Waals surface area (Å²) in [5.41, 5.74) is 1.11. The van der Waals surface area contributed by atoms with E-state index in [1.54, 1.807) is 12.1 Å². The molecule has 0 spiro atoms. The van der Waals surface area contributed by atoms with Crippen LogP contribution in [-0.2, 0) is 0 Å². The maximum Gasteiger partial charge on any atom is 0.319 e. The van der Waals surface area contributed by atoms with E-state index in [1.807, 2.05) is 13.8 Å². The molecule has 7 heteroatoms. The van der Waals surface area contributed by atoms with Crippen LogP contribution in [0.1, 0.15) is 41.0 Å². The van der Waals surface area contributed by atoms with Crippen LogP contribution in [-0.4, -0.2) is 47.5 Å². The van der Waals surface area contributed by atoms with Crippen molar-refractivity contribution in [1.82, 2.24) is 10.2 Å². The molecule has 0 bridgehead atoms. The summed E-state index contributed by atoms with van der Waals surface area (Å²) in [4.78, 5) is 37.5. The van der Waals surface area contributed by atoms with E-state index in [-0.39, 0.29) is 24.3 Å². The molecule has 23 heavy (non-hydrogen) atoms. The molecule has 2 rings (SSSR count). The summed E-state index contributed by atoms with van der Waals surface area (Å²) in [6, 6.07) is 4.24. The van der Waals surface area contributed by atoms with Crippen LogP contribution in [0.3, 0.4) is 0 Å². The lowest BCUT2D eigenvalue weighted by Crippen LogP contribution is -2.33. The third kappa shape index (κ3) is 3.87. The molecule has 1 heterocycles. The summed E-state index contributed by atoms with van der Waals surface area (Å²) < 4.78 is 0. The minimum atomic E-state index is -0.422. The topological polar surface area (TPSA) is 98.7 Å². The average molecular weight is 319 g/mol. The van der Waals surface area contributed by atoms with Crippen molar-refractivity contribution >= 4 is 23.5 Å². The number of carbonyl (C=O) groups is 3. The largest absolute Gasteiger partial charge is 0.396 e. The summed E-state index contributed by atoms with van der Waals surface area (Å²) in [6.45, 7) is 4.60. The first-order valence-corrected chi connectivity index (χ1v) is 7.60. The maximum atomic E-state index is 12.3. The number of amides is 4. The Morgan fingerprint density at radius 2 is 1.91 bits per heavy atom. The van der Waals surface area contributed by atoms with Crippen LogP contribution in [0.15, 0.2) is 18.2 Å². The third-order valence-electron chi connectivity index (χ3n) is 3.40. The molecule has 1 aromatic carbocycles. The van der Waals surface area contributed by atoms with E-state index in [2.05, 4.69) is 10.6 Å². The number of aliphatic hydroxyl groups is 1. The van der Waals surface area contributed by atoms with Gasteiger partial charge in [0.15, 0.2) is 0 Å². The fraction of sp³-hybridized carbons (Fsp3) is 0.438. The normalized spacial score (nSPS) is 13.5. The van der Waals surface area contributed by atoms with Crippen LogP contribution in [0, 0.1) is 5.92 Å². The Balaban J connectivity index is 2.09. The van der Waals surface area contributed by atoms with E-state index in [0.717, 1.165) is 0 Å². The van der Waals surface area contributed by atoms with E-state index in [4.69, 9.17) is 5.11 Å². The second-order valence-corrected chi connectivity index (χ2v) is 5.83. The summed E-state index contributed by atoms with van der Waals surface area (Å²) >= 11 is 0. The molecule has 0 fully saturated rings. The zero-order valence-electron chi connectivity index (χ0n) is 13.3. The Morgan fingerprint density at radius 3 is 2.57 bits per heavy atom. The van der Waals surface area contributed by atoms with E-state index in [9.17, 15) is 14.4 Å². The zero-order chi connectivity index (χ0) is 17.0. The summed E-state index contributed by atoms with van der Waals surface area (Å²) in [5.74, 6) is -0.437. The fourth-order valence-corrected chi connectivity index (χ4v) is 2.36. The van der Waals surface area contributed by atoms with Crippen molar-refractivity contribution in [3.8, 4) is 0 Å². The highest BCUT2D eigenvalue weighted by Crippen LogP contribution is 2.26. The number of hydrogen-bond donors (Lipinski definition) is 3. The number of urea groups is 1. The number of benzene rings is 1. The quantitative estimate of drug-likeness (QED) is 0.546. The highest BCUT2D eigenvalue weighted by atomic mass is 16.3. The fourth-order valence-electron chi connectivity index (χ4n) is 2.36. The SMILES string of the molecule is CC(C)CN1C(=O)c2ccc(NC(=O)NCCCO)cc2C1=O. The monoisotopic (exact) mass is 319 g/mol. The average Bonchev–Trinajstić information content (AvgIpc) is 2.72. The molecule has 4 amide bonds. The van der Waals surface area contributed by atoms with Gasteiger partial charge in [0.05, 0.1) is 11.1 Å². The smallest absolute Gasteiger partial charge is 0.319 e. The number of anilines is 1. The molecule has 0 saturated heterocycles. The number of nitrogens with zero attached hydrogens (tertiary/aromatic N) is 1. The summed E-state index contributed by atoms with van der Waals surface area (Å²) in [7, 11) is 0. The molecule has 1 aliphatic rings. The van der Waals surface area contributed by atoms with Crippen LogP contribution in [0.4, 0.5) is 10.5 Å². The first kappa shape index (κ1) is 17.0. The van der Waals surface area contributed by atoms with Gasteiger partial charge in [0, 0.05) is 25.4 Å². The number of rotatable bonds is 6. The molecular formula is C16H21N3O4. The van der Waals surface area contributed by atoms with Crippen LogP contribution in [0.2, 0.25) is 0 Å². The molecule has 0 atom stereocenters. The van der Waals surface area contributed by atoms with Gasteiger partial charge >= 0.3 is 6.03 Å². The number of hydrogen-bond acceptors (Lipinski definition) is 4. The molecule has 0 radical (unpaired) electrons. The molecule has 124 valence electrons. The number of imide groups is 1. The van der Waals surface area contributed by atoms with Gasteiger partial charge < -0.3 is 15.7 Å². The van der Waals surface area contributed by atoms with E-state index in [1.165, 1.54) is 11.0 Å². The van der Waals surface area contributed by atoms with Gasteiger partial charge in [0.25, 0.3) is 11.8 Å². The van der Waals surface area contributed by atoms with Gasteiger partial charge in [0.1, 0.15) is 0 Å². The molecular weight excluding hydrogens is 298 g/mol. The molecule has 1 aromatic rings.